The van der Waals surface area contributed by atoms with Gasteiger partial charge in [-0.05, 0) is 31.2 Å². The monoisotopic (exact) mass is 343 g/mol. The number of hydrogen-bond donors (Lipinski definition) is 1. The van der Waals surface area contributed by atoms with Crippen LogP contribution in [0.3, 0.4) is 0 Å². The molecule has 0 amide bonds. The van der Waals surface area contributed by atoms with Crippen LogP contribution in [0.1, 0.15) is 5.69 Å². The summed E-state index contributed by atoms with van der Waals surface area (Å²) in [5.74, 6) is 0.281. The molecule has 4 rings (SSSR count). The van der Waals surface area contributed by atoms with E-state index in [1.165, 1.54) is 11.3 Å². The van der Waals surface area contributed by atoms with E-state index in [4.69, 9.17) is 21.8 Å². The third-order valence-corrected chi connectivity index (χ3v) is 4.73. The van der Waals surface area contributed by atoms with Crippen LogP contribution >= 0.6 is 22.9 Å². The quantitative estimate of drug-likeness (QED) is 0.528. The van der Waals surface area contributed by atoms with Crippen LogP contribution < -0.4 is 11.2 Å². The van der Waals surface area contributed by atoms with Gasteiger partial charge in [-0.1, -0.05) is 11.6 Å². The lowest BCUT2D eigenvalue weighted by Crippen LogP contribution is -2.05. The number of fused-ring (bicyclic) bond motifs is 2. The van der Waals surface area contributed by atoms with Crippen molar-refractivity contribution >= 4 is 50.8 Å². The Labute approximate surface area is 139 Å². The summed E-state index contributed by atoms with van der Waals surface area (Å²) in [6, 6.07) is 6.58. The summed E-state index contributed by atoms with van der Waals surface area (Å²) >= 11 is 7.42. The molecule has 3 heterocycles. The standard InChI is InChI=1S/C16H10ClN3O2S/c1-7-6-23-16(19-7)11-5-10-13(21)9-4-8(17)2-3-12(9)22-15(10)20-14(11)18/h2-6H,1H3,(H2,18,20). The average Bonchev–Trinajstić information content (AvgIpc) is 2.94. The van der Waals surface area contributed by atoms with Crippen molar-refractivity contribution in [3.63, 3.8) is 0 Å². The van der Waals surface area contributed by atoms with E-state index in [1.54, 1.807) is 24.3 Å². The number of nitrogen functional groups attached to an aromatic ring is 1. The molecule has 0 spiro atoms. The Morgan fingerprint density at radius 1 is 1.22 bits per heavy atom. The van der Waals surface area contributed by atoms with Gasteiger partial charge in [0.15, 0.2) is 0 Å². The van der Waals surface area contributed by atoms with Crippen LogP contribution in [0.2, 0.25) is 5.02 Å². The second-order valence-electron chi connectivity index (χ2n) is 5.14. The van der Waals surface area contributed by atoms with Crippen molar-refractivity contribution in [1.82, 2.24) is 9.97 Å². The smallest absolute Gasteiger partial charge is 0.232 e. The predicted molar refractivity (Wildman–Crippen MR) is 93.1 cm³/mol. The number of rotatable bonds is 1. The summed E-state index contributed by atoms with van der Waals surface area (Å²) in [5.41, 5.74) is 7.98. The molecule has 0 aliphatic carbocycles. The molecule has 23 heavy (non-hydrogen) atoms. The minimum atomic E-state index is -0.189. The number of aryl methyl sites for hydroxylation is 1. The van der Waals surface area contributed by atoms with E-state index in [9.17, 15) is 4.79 Å². The van der Waals surface area contributed by atoms with Gasteiger partial charge in [0.05, 0.1) is 16.3 Å². The second-order valence-corrected chi connectivity index (χ2v) is 6.43. The fraction of sp³-hybridized carbons (Fsp3) is 0.0625. The van der Waals surface area contributed by atoms with Gasteiger partial charge in [0.1, 0.15) is 16.4 Å². The predicted octanol–water partition coefficient (Wildman–Crippen LogP) is 4.01. The third-order valence-electron chi connectivity index (χ3n) is 3.50. The zero-order valence-electron chi connectivity index (χ0n) is 12.0. The van der Waals surface area contributed by atoms with Crippen molar-refractivity contribution in [2.75, 3.05) is 5.73 Å². The molecule has 0 radical (unpaired) electrons. The molecular weight excluding hydrogens is 334 g/mol. The summed E-state index contributed by atoms with van der Waals surface area (Å²) in [6.07, 6.45) is 0. The largest absolute Gasteiger partial charge is 0.437 e. The third kappa shape index (κ3) is 2.27. The molecule has 114 valence electrons. The number of nitrogens with zero attached hydrogens (tertiary/aromatic N) is 2. The molecule has 0 unspecified atom stereocenters. The van der Waals surface area contributed by atoms with Crippen molar-refractivity contribution in [1.29, 1.82) is 0 Å². The molecule has 3 aromatic heterocycles. The maximum atomic E-state index is 12.7. The van der Waals surface area contributed by atoms with Gasteiger partial charge in [-0.3, -0.25) is 4.79 Å². The first kappa shape index (κ1) is 14.2. The number of anilines is 1. The van der Waals surface area contributed by atoms with E-state index < -0.39 is 0 Å². The Balaban J connectivity index is 2.09. The first-order chi connectivity index (χ1) is 11.0. The molecule has 0 atom stereocenters. The molecule has 0 saturated carbocycles. The van der Waals surface area contributed by atoms with E-state index in [0.29, 0.717) is 26.9 Å². The molecule has 2 N–H and O–H groups in total. The molecule has 0 saturated heterocycles. The minimum Gasteiger partial charge on any atom is -0.437 e. The maximum absolute atomic E-state index is 12.7. The highest BCUT2D eigenvalue weighted by Crippen LogP contribution is 2.31. The normalized spacial score (nSPS) is 11.4. The number of aromatic nitrogens is 2. The van der Waals surface area contributed by atoms with Gasteiger partial charge >= 0.3 is 0 Å². The van der Waals surface area contributed by atoms with Crippen LogP contribution in [-0.2, 0) is 0 Å². The number of pyridine rings is 1. The molecule has 1 aromatic carbocycles. The summed E-state index contributed by atoms with van der Waals surface area (Å²) in [4.78, 5) is 21.4. The zero-order chi connectivity index (χ0) is 16.1. The fourth-order valence-electron chi connectivity index (χ4n) is 2.42. The Morgan fingerprint density at radius 3 is 2.78 bits per heavy atom. The summed E-state index contributed by atoms with van der Waals surface area (Å²) < 4.78 is 5.69. The van der Waals surface area contributed by atoms with E-state index in [0.717, 1.165) is 10.7 Å². The summed E-state index contributed by atoms with van der Waals surface area (Å²) in [7, 11) is 0. The highest BCUT2D eigenvalue weighted by Gasteiger charge is 2.15. The topological polar surface area (TPSA) is 82.0 Å². The van der Waals surface area contributed by atoms with Crippen LogP contribution in [0, 0.1) is 6.92 Å². The molecule has 0 aliphatic rings. The van der Waals surface area contributed by atoms with Crippen molar-refractivity contribution in [3.05, 3.63) is 50.6 Å². The number of benzene rings is 1. The molecule has 7 heteroatoms. The van der Waals surface area contributed by atoms with Gasteiger partial charge in [-0.2, -0.15) is 4.98 Å². The number of nitrogens with two attached hydrogens (primary N) is 1. The molecule has 5 nitrogen and oxygen atoms in total. The number of halogens is 1. The van der Waals surface area contributed by atoms with E-state index >= 15 is 0 Å². The van der Waals surface area contributed by atoms with Gasteiger partial charge in [-0.25, -0.2) is 4.98 Å². The van der Waals surface area contributed by atoms with Gasteiger partial charge in [0.25, 0.3) is 0 Å². The zero-order valence-corrected chi connectivity index (χ0v) is 13.5. The van der Waals surface area contributed by atoms with Crippen LogP contribution in [0.4, 0.5) is 5.82 Å². The average molecular weight is 344 g/mol. The van der Waals surface area contributed by atoms with Crippen molar-refractivity contribution in [2.45, 2.75) is 6.92 Å². The fourth-order valence-corrected chi connectivity index (χ4v) is 3.41. The maximum Gasteiger partial charge on any atom is 0.232 e. The van der Waals surface area contributed by atoms with E-state index in [2.05, 4.69) is 9.97 Å². The number of thiazole rings is 1. The lowest BCUT2D eigenvalue weighted by molar-refractivity contribution is 0.645. The Hall–Kier alpha value is -2.44. The first-order valence-corrected chi connectivity index (χ1v) is 8.04. The lowest BCUT2D eigenvalue weighted by Gasteiger charge is -2.05. The Kier molecular flexibility index (Phi) is 3.11. The highest BCUT2D eigenvalue weighted by atomic mass is 35.5. The molecule has 0 aliphatic heterocycles. The van der Waals surface area contributed by atoms with Crippen LogP contribution in [0.15, 0.2) is 38.9 Å². The van der Waals surface area contributed by atoms with Crippen molar-refractivity contribution < 1.29 is 4.42 Å². The molecule has 0 bridgehead atoms. The Morgan fingerprint density at radius 2 is 2.04 bits per heavy atom. The van der Waals surface area contributed by atoms with Crippen molar-refractivity contribution in [3.8, 4) is 10.6 Å². The Bertz CT molecular complexity index is 1130. The SMILES string of the molecule is Cc1csc(-c2cc3c(=O)c4cc(Cl)ccc4oc3nc2N)n1. The van der Waals surface area contributed by atoms with Gasteiger partial charge in [0, 0.05) is 16.1 Å². The van der Waals surface area contributed by atoms with Crippen LogP contribution in [-0.4, -0.2) is 9.97 Å². The number of hydrogen-bond acceptors (Lipinski definition) is 6. The molecular formula is C16H10ClN3O2S. The lowest BCUT2D eigenvalue weighted by atomic mass is 10.1. The van der Waals surface area contributed by atoms with Gasteiger partial charge in [0.2, 0.25) is 11.1 Å². The van der Waals surface area contributed by atoms with Gasteiger partial charge in [-0.15, -0.1) is 11.3 Å². The van der Waals surface area contributed by atoms with E-state index in [-0.39, 0.29) is 17.0 Å². The van der Waals surface area contributed by atoms with E-state index in [1.807, 2.05) is 12.3 Å². The van der Waals surface area contributed by atoms with Gasteiger partial charge < -0.3 is 10.2 Å². The second kappa shape index (κ2) is 5.04. The summed E-state index contributed by atoms with van der Waals surface area (Å²) in [6.45, 7) is 1.90. The van der Waals surface area contributed by atoms with Crippen LogP contribution in [0.25, 0.3) is 32.6 Å². The van der Waals surface area contributed by atoms with Crippen molar-refractivity contribution in [2.24, 2.45) is 0 Å². The minimum absolute atomic E-state index is 0.189. The molecule has 4 aromatic rings. The highest BCUT2D eigenvalue weighted by molar-refractivity contribution is 7.13. The van der Waals surface area contributed by atoms with Crippen LogP contribution in [0.5, 0.6) is 0 Å². The first-order valence-electron chi connectivity index (χ1n) is 6.78. The summed E-state index contributed by atoms with van der Waals surface area (Å²) in [5, 5.41) is 3.89. The molecule has 0 fully saturated rings.